The lowest BCUT2D eigenvalue weighted by molar-refractivity contribution is -0.139. The van der Waals surface area contributed by atoms with E-state index in [1.807, 2.05) is 0 Å². The highest BCUT2D eigenvalue weighted by atomic mass is 32.2. The fraction of sp³-hybridized carbons (Fsp3) is 0.600. The number of benzene rings is 1. The topological polar surface area (TPSA) is 63.4 Å². The minimum absolute atomic E-state index is 0.0385. The maximum atomic E-state index is 13.1. The molecule has 1 aromatic rings. The van der Waals surface area contributed by atoms with Crippen LogP contribution in [-0.2, 0) is 16.2 Å². The Morgan fingerprint density at radius 1 is 1.13 bits per heavy atom. The van der Waals surface area contributed by atoms with Crippen LogP contribution in [0.2, 0.25) is 0 Å². The zero-order chi connectivity index (χ0) is 16.8. The first-order chi connectivity index (χ1) is 10.7. The summed E-state index contributed by atoms with van der Waals surface area (Å²) < 4.78 is 66.0. The largest absolute Gasteiger partial charge is 0.417 e. The van der Waals surface area contributed by atoms with Crippen LogP contribution in [0.4, 0.5) is 13.2 Å². The predicted octanol–water partition coefficient (Wildman–Crippen LogP) is 2.45. The number of halogens is 3. The molecule has 3 atom stereocenters. The normalized spacial score (nSPS) is 29.5. The average molecular weight is 348 g/mol. The molecular formula is C15H19F3N2O2S. The molecule has 8 heteroatoms. The van der Waals surface area contributed by atoms with Gasteiger partial charge in [0.2, 0.25) is 10.0 Å². The molecule has 1 aromatic carbocycles. The van der Waals surface area contributed by atoms with Gasteiger partial charge in [-0.05, 0) is 36.8 Å². The maximum Gasteiger partial charge on any atom is 0.417 e. The Morgan fingerprint density at radius 3 is 2.48 bits per heavy atom. The van der Waals surface area contributed by atoms with Gasteiger partial charge in [0.05, 0.1) is 10.5 Å². The van der Waals surface area contributed by atoms with Gasteiger partial charge in [0.1, 0.15) is 0 Å². The van der Waals surface area contributed by atoms with E-state index in [0.29, 0.717) is 0 Å². The summed E-state index contributed by atoms with van der Waals surface area (Å²) in [4.78, 5) is -0.667. The van der Waals surface area contributed by atoms with Crippen LogP contribution in [0.25, 0.3) is 0 Å². The van der Waals surface area contributed by atoms with Crippen molar-refractivity contribution in [2.24, 2.45) is 17.6 Å². The molecule has 2 fully saturated rings. The average Bonchev–Trinajstić information content (AvgIpc) is 2.93. The molecule has 23 heavy (non-hydrogen) atoms. The summed E-state index contributed by atoms with van der Waals surface area (Å²) in [5.41, 5.74) is 4.95. The van der Waals surface area contributed by atoms with Crippen LogP contribution in [0.3, 0.4) is 0 Å². The zero-order valence-corrected chi connectivity index (χ0v) is 13.3. The highest BCUT2D eigenvalue weighted by molar-refractivity contribution is 7.89. The summed E-state index contributed by atoms with van der Waals surface area (Å²) >= 11 is 0. The Kier molecular flexibility index (Phi) is 4.18. The molecule has 4 nitrogen and oxygen atoms in total. The third kappa shape index (κ3) is 2.99. The lowest BCUT2D eigenvalue weighted by atomic mass is 9.78. The van der Waals surface area contributed by atoms with E-state index in [-0.39, 0.29) is 31.0 Å². The number of nitrogens with zero attached hydrogens (tertiary/aromatic N) is 1. The summed E-state index contributed by atoms with van der Waals surface area (Å²) in [5.74, 6) is 0.183. The van der Waals surface area contributed by atoms with Gasteiger partial charge in [-0.15, -0.1) is 0 Å². The zero-order valence-electron chi connectivity index (χ0n) is 12.5. The highest BCUT2D eigenvalue weighted by Gasteiger charge is 2.45. The Balaban J connectivity index is 1.95. The number of sulfonamides is 1. The number of nitrogens with two attached hydrogens (primary N) is 1. The van der Waals surface area contributed by atoms with Crippen molar-refractivity contribution in [3.63, 3.8) is 0 Å². The first-order valence-corrected chi connectivity index (χ1v) is 9.07. The molecule has 0 amide bonds. The molecule has 3 rings (SSSR count). The fourth-order valence-corrected chi connectivity index (χ4v) is 5.48. The number of hydrogen-bond acceptors (Lipinski definition) is 3. The van der Waals surface area contributed by atoms with Crippen LogP contribution in [0.5, 0.6) is 0 Å². The lowest BCUT2D eigenvalue weighted by Crippen LogP contribution is -2.38. The number of rotatable bonds is 2. The molecule has 0 aromatic heterocycles. The minimum atomic E-state index is -4.70. The molecule has 0 spiro atoms. The summed E-state index contributed by atoms with van der Waals surface area (Å²) in [5, 5.41) is 0. The smallest absolute Gasteiger partial charge is 0.327 e. The van der Waals surface area contributed by atoms with Crippen LogP contribution in [-0.4, -0.2) is 31.9 Å². The third-order valence-electron chi connectivity index (χ3n) is 4.93. The first kappa shape index (κ1) is 16.7. The molecular weight excluding hydrogens is 329 g/mol. The summed E-state index contributed by atoms with van der Waals surface area (Å²) in [6, 6.07) is 4.27. The molecule has 1 aliphatic heterocycles. The van der Waals surface area contributed by atoms with Crippen LogP contribution < -0.4 is 5.73 Å². The monoisotopic (exact) mass is 348 g/mol. The van der Waals surface area contributed by atoms with Gasteiger partial charge < -0.3 is 5.73 Å². The van der Waals surface area contributed by atoms with Gasteiger partial charge in [-0.25, -0.2) is 8.42 Å². The van der Waals surface area contributed by atoms with Crippen molar-refractivity contribution >= 4 is 10.0 Å². The van der Waals surface area contributed by atoms with E-state index in [1.54, 1.807) is 0 Å². The molecule has 1 saturated heterocycles. The van der Waals surface area contributed by atoms with Gasteiger partial charge in [0.15, 0.2) is 0 Å². The lowest BCUT2D eigenvalue weighted by Gasteiger charge is -2.29. The van der Waals surface area contributed by atoms with E-state index < -0.39 is 26.7 Å². The van der Waals surface area contributed by atoms with Gasteiger partial charge in [-0.3, -0.25) is 0 Å². The molecule has 128 valence electrons. The highest BCUT2D eigenvalue weighted by Crippen LogP contribution is 2.40. The summed E-state index contributed by atoms with van der Waals surface area (Å²) in [6.07, 6.45) is -2.04. The van der Waals surface area contributed by atoms with E-state index in [2.05, 4.69) is 0 Å². The summed E-state index contributed by atoms with van der Waals surface area (Å²) in [7, 11) is -4.18. The molecule has 1 heterocycles. The van der Waals surface area contributed by atoms with Crippen molar-refractivity contribution in [3.8, 4) is 0 Å². The Hall–Kier alpha value is -1.12. The SMILES string of the molecule is NC1CCCC2CN(S(=O)(=O)c3ccccc3C(F)(F)F)CC12. The Bertz CT molecular complexity index is 690. The molecule has 0 radical (unpaired) electrons. The predicted molar refractivity (Wildman–Crippen MR) is 79.0 cm³/mol. The minimum Gasteiger partial charge on any atom is -0.327 e. The van der Waals surface area contributed by atoms with Crippen molar-refractivity contribution in [3.05, 3.63) is 29.8 Å². The molecule has 0 bridgehead atoms. The second-order valence-electron chi connectivity index (χ2n) is 6.33. The van der Waals surface area contributed by atoms with Crippen LogP contribution in [0, 0.1) is 11.8 Å². The fourth-order valence-electron chi connectivity index (χ4n) is 3.74. The van der Waals surface area contributed by atoms with Crippen molar-refractivity contribution < 1.29 is 21.6 Å². The third-order valence-corrected chi connectivity index (χ3v) is 6.82. The van der Waals surface area contributed by atoms with Gasteiger partial charge in [-0.2, -0.15) is 17.5 Å². The van der Waals surface area contributed by atoms with E-state index >= 15 is 0 Å². The van der Waals surface area contributed by atoms with Gasteiger partial charge in [0, 0.05) is 19.1 Å². The number of hydrogen-bond donors (Lipinski definition) is 1. The Morgan fingerprint density at radius 2 is 1.83 bits per heavy atom. The maximum absolute atomic E-state index is 13.1. The number of fused-ring (bicyclic) bond motifs is 1. The second kappa shape index (κ2) is 5.75. The standard InChI is InChI=1S/C15H19F3N2O2S/c16-15(17,18)12-5-1-2-7-14(12)23(21,22)20-8-10-4-3-6-13(19)11(10)9-20/h1-2,5,7,10-11,13H,3-4,6,8-9,19H2. The van der Waals surface area contributed by atoms with Gasteiger partial charge in [0.25, 0.3) is 0 Å². The molecule has 1 aliphatic carbocycles. The Labute approximate surface area is 133 Å². The first-order valence-electron chi connectivity index (χ1n) is 7.63. The quantitative estimate of drug-likeness (QED) is 0.893. The van der Waals surface area contributed by atoms with E-state index in [4.69, 9.17) is 5.73 Å². The molecule has 2 N–H and O–H groups in total. The van der Waals surface area contributed by atoms with Crippen LogP contribution in [0.1, 0.15) is 24.8 Å². The van der Waals surface area contributed by atoms with Gasteiger partial charge >= 0.3 is 6.18 Å². The van der Waals surface area contributed by atoms with E-state index in [1.165, 1.54) is 16.4 Å². The summed E-state index contributed by atoms with van der Waals surface area (Å²) in [6.45, 7) is 0.466. The molecule has 2 aliphatic rings. The van der Waals surface area contributed by atoms with Crippen molar-refractivity contribution in [1.29, 1.82) is 0 Å². The second-order valence-corrected chi connectivity index (χ2v) is 8.24. The van der Waals surface area contributed by atoms with Crippen molar-refractivity contribution in [2.75, 3.05) is 13.1 Å². The number of alkyl halides is 3. The van der Waals surface area contributed by atoms with E-state index in [0.717, 1.165) is 31.4 Å². The van der Waals surface area contributed by atoms with Gasteiger partial charge in [-0.1, -0.05) is 18.6 Å². The van der Waals surface area contributed by atoms with E-state index in [9.17, 15) is 21.6 Å². The van der Waals surface area contributed by atoms with Crippen molar-refractivity contribution in [2.45, 2.75) is 36.4 Å². The van der Waals surface area contributed by atoms with Crippen molar-refractivity contribution in [1.82, 2.24) is 4.31 Å². The van der Waals surface area contributed by atoms with Crippen LogP contribution in [0.15, 0.2) is 29.2 Å². The molecule has 3 unspecified atom stereocenters. The van der Waals surface area contributed by atoms with Crippen LogP contribution >= 0.6 is 0 Å². The molecule has 1 saturated carbocycles.